The predicted molar refractivity (Wildman–Crippen MR) is 109 cm³/mol. The molecule has 1 fully saturated rings. The average molecular weight is 406 g/mol. The number of rotatable bonds is 8. The highest BCUT2D eigenvalue weighted by Crippen LogP contribution is 2.26. The number of morpholine rings is 1. The Morgan fingerprint density at radius 1 is 1.34 bits per heavy atom. The van der Waals surface area contributed by atoms with Gasteiger partial charge in [0.2, 0.25) is 0 Å². The number of carbonyl (C=O) groups excluding carboxylic acids is 1. The van der Waals surface area contributed by atoms with E-state index < -0.39 is 0 Å². The highest BCUT2D eigenvalue weighted by Gasteiger charge is 2.19. The van der Waals surface area contributed by atoms with Crippen molar-refractivity contribution in [3.63, 3.8) is 0 Å². The van der Waals surface area contributed by atoms with Crippen molar-refractivity contribution < 1.29 is 19.0 Å². The molecule has 3 heterocycles. The van der Waals surface area contributed by atoms with Gasteiger partial charge in [-0.05, 0) is 19.9 Å². The molecule has 3 N–H and O–H groups in total. The molecule has 1 aliphatic rings. The second-order valence-electron chi connectivity index (χ2n) is 6.96. The van der Waals surface area contributed by atoms with E-state index in [-0.39, 0.29) is 12.1 Å². The predicted octanol–water partition coefficient (Wildman–Crippen LogP) is 1.09. The van der Waals surface area contributed by atoms with E-state index >= 15 is 0 Å². The van der Waals surface area contributed by atoms with Gasteiger partial charge in [0.1, 0.15) is 17.4 Å². The third-order valence-corrected chi connectivity index (χ3v) is 4.92. The zero-order valence-corrected chi connectivity index (χ0v) is 17.3. The zero-order chi connectivity index (χ0) is 20.8. The van der Waals surface area contributed by atoms with Crippen LogP contribution in [0.25, 0.3) is 11.0 Å². The maximum Gasteiger partial charge on any atom is 0.317 e. The number of fused-ring (bicyclic) bond motifs is 1. The molecule has 2 aromatic rings. The molecule has 0 radical (unpaired) electrons. The van der Waals surface area contributed by atoms with Gasteiger partial charge in [-0.1, -0.05) is 0 Å². The molecular weight excluding hydrogens is 376 g/mol. The summed E-state index contributed by atoms with van der Waals surface area (Å²) in [6.45, 7) is 8.23. The summed E-state index contributed by atoms with van der Waals surface area (Å²) in [5.41, 5.74) is 8.48. The van der Waals surface area contributed by atoms with Crippen molar-refractivity contribution in [2.75, 3.05) is 58.9 Å². The molecule has 1 aliphatic heterocycles. The number of nitrogens with zero attached hydrogens (tertiary/aromatic N) is 4. The summed E-state index contributed by atoms with van der Waals surface area (Å²) < 4.78 is 18.5. The summed E-state index contributed by atoms with van der Waals surface area (Å²) in [5.74, 6) is 1.20. The fourth-order valence-corrected chi connectivity index (χ4v) is 3.31. The monoisotopic (exact) mass is 406 g/mol. The number of nitrogens with one attached hydrogen (secondary N) is 1. The van der Waals surface area contributed by atoms with Crippen molar-refractivity contribution >= 4 is 22.9 Å². The van der Waals surface area contributed by atoms with E-state index in [0.29, 0.717) is 63.9 Å². The summed E-state index contributed by atoms with van der Waals surface area (Å²) in [7, 11) is 1.65. The normalized spacial score (nSPS) is 15.6. The molecule has 1 atom stereocenters. The van der Waals surface area contributed by atoms with Crippen LogP contribution in [0.1, 0.15) is 24.5 Å². The second-order valence-corrected chi connectivity index (χ2v) is 6.96. The summed E-state index contributed by atoms with van der Waals surface area (Å²) >= 11 is 0. The lowest BCUT2D eigenvalue weighted by atomic mass is 10.3. The number of imidazole rings is 1. The molecule has 1 unspecified atom stereocenters. The molecule has 0 aromatic carbocycles. The van der Waals surface area contributed by atoms with Crippen LogP contribution in [0.3, 0.4) is 0 Å². The summed E-state index contributed by atoms with van der Waals surface area (Å²) in [6.07, 6.45) is -0.185. The summed E-state index contributed by atoms with van der Waals surface area (Å²) in [5, 5.41) is 2.87. The number of hydrogen-bond acceptors (Lipinski definition) is 7. The number of nitrogens with two attached hydrogens (primary N) is 1. The van der Waals surface area contributed by atoms with E-state index in [4.69, 9.17) is 19.9 Å². The average Bonchev–Trinajstić information content (AvgIpc) is 3.09. The van der Waals surface area contributed by atoms with Crippen molar-refractivity contribution in [3.8, 4) is 0 Å². The molecule has 3 rings (SSSR count). The largest absolute Gasteiger partial charge is 0.382 e. The standard InChI is InChI=1S/C19H30N6O4/c1-13-12-15-16(17(20)22-13)23-18(14(2)27-3)25(15)7-11-28-8-4-21-19(26)24-5-9-29-10-6-24/h12,14H,4-11H2,1-3H3,(H2,20,22)(H,21,26). The number of hydrogen-bond donors (Lipinski definition) is 2. The number of carbonyl (C=O) groups is 1. The van der Waals surface area contributed by atoms with Crippen LogP contribution in [-0.4, -0.2) is 78.6 Å². The lowest BCUT2D eigenvalue weighted by Crippen LogP contribution is -2.46. The Balaban J connectivity index is 1.54. The van der Waals surface area contributed by atoms with Crippen LogP contribution in [0, 0.1) is 6.92 Å². The molecule has 0 aliphatic carbocycles. The molecule has 10 heteroatoms. The molecule has 2 aromatic heterocycles. The van der Waals surface area contributed by atoms with Gasteiger partial charge >= 0.3 is 6.03 Å². The molecular formula is C19H30N6O4. The Labute approximate surface area is 170 Å². The first kappa shape index (κ1) is 21.3. The molecule has 0 spiro atoms. The van der Waals surface area contributed by atoms with Crippen LogP contribution in [0.5, 0.6) is 0 Å². The fraction of sp³-hybridized carbons (Fsp3) is 0.632. The van der Waals surface area contributed by atoms with Crippen molar-refractivity contribution in [2.45, 2.75) is 26.5 Å². The molecule has 0 bridgehead atoms. The van der Waals surface area contributed by atoms with Gasteiger partial charge in [-0.2, -0.15) is 0 Å². The van der Waals surface area contributed by atoms with Crippen LogP contribution in [-0.2, 0) is 20.8 Å². The Bertz CT molecular complexity index is 834. The number of nitrogen functional groups attached to an aromatic ring is 1. The van der Waals surface area contributed by atoms with E-state index in [1.54, 1.807) is 12.0 Å². The first-order chi connectivity index (χ1) is 14.0. The van der Waals surface area contributed by atoms with E-state index in [9.17, 15) is 4.79 Å². The second kappa shape index (κ2) is 9.86. The minimum absolute atomic E-state index is 0.0767. The Hall–Kier alpha value is -2.43. The Morgan fingerprint density at radius 2 is 2.10 bits per heavy atom. The van der Waals surface area contributed by atoms with Gasteiger partial charge in [0, 0.05) is 39.0 Å². The molecule has 0 saturated carbocycles. The van der Waals surface area contributed by atoms with Crippen LogP contribution in [0.2, 0.25) is 0 Å². The first-order valence-corrected chi connectivity index (χ1v) is 9.85. The number of ether oxygens (including phenoxy) is 3. The smallest absolute Gasteiger partial charge is 0.317 e. The highest BCUT2D eigenvalue weighted by atomic mass is 16.5. The minimum Gasteiger partial charge on any atom is -0.382 e. The van der Waals surface area contributed by atoms with Gasteiger partial charge < -0.3 is 34.7 Å². The summed E-state index contributed by atoms with van der Waals surface area (Å²) in [6, 6.07) is 1.89. The third-order valence-electron chi connectivity index (χ3n) is 4.92. The van der Waals surface area contributed by atoms with Gasteiger partial charge in [0.15, 0.2) is 5.82 Å². The van der Waals surface area contributed by atoms with Crippen molar-refractivity contribution in [2.24, 2.45) is 0 Å². The van der Waals surface area contributed by atoms with Crippen LogP contribution in [0.4, 0.5) is 10.6 Å². The number of urea groups is 1. The van der Waals surface area contributed by atoms with Crippen LogP contribution >= 0.6 is 0 Å². The highest BCUT2D eigenvalue weighted by molar-refractivity contribution is 5.85. The van der Waals surface area contributed by atoms with Gasteiger partial charge in [-0.15, -0.1) is 0 Å². The number of amides is 2. The Kier molecular flexibility index (Phi) is 7.24. The quantitative estimate of drug-likeness (QED) is 0.630. The number of anilines is 1. The Morgan fingerprint density at radius 3 is 2.83 bits per heavy atom. The van der Waals surface area contributed by atoms with Crippen molar-refractivity contribution in [1.29, 1.82) is 0 Å². The SMILES string of the molecule is COC(C)c1nc2c(N)nc(C)cc2n1CCOCCNC(=O)N1CCOCC1. The number of aryl methyl sites for hydroxylation is 1. The molecule has 10 nitrogen and oxygen atoms in total. The number of methoxy groups -OCH3 is 1. The van der Waals surface area contributed by atoms with E-state index in [2.05, 4.69) is 19.9 Å². The third kappa shape index (κ3) is 5.14. The van der Waals surface area contributed by atoms with E-state index in [1.807, 2.05) is 19.9 Å². The maximum absolute atomic E-state index is 12.0. The van der Waals surface area contributed by atoms with Crippen molar-refractivity contribution in [1.82, 2.24) is 24.8 Å². The molecule has 160 valence electrons. The van der Waals surface area contributed by atoms with Gasteiger partial charge in [0.25, 0.3) is 0 Å². The van der Waals surface area contributed by atoms with E-state index in [1.165, 1.54) is 0 Å². The fourth-order valence-electron chi connectivity index (χ4n) is 3.31. The van der Waals surface area contributed by atoms with Gasteiger partial charge in [0.05, 0.1) is 31.9 Å². The van der Waals surface area contributed by atoms with Crippen LogP contribution < -0.4 is 11.1 Å². The summed E-state index contributed by atoms with van der Waals surface area (Å²) in [4.78, 5) is 22.7. The minimum atomic E-state index is -0.185. The number of aromatic nitrogens is 3. The molecule has 1 saturated heterocycles. The lowest BCUT2D eigenvalue weighted by molar-refractivity contribution is 0.0522. The zero-order valence-electron chi connectivity index (χ0n) is 17.3. The number of pyridine rings is 1. The maximum atomic E-state index is 12.0. The lowest BCUT2D eigenvalue weighted by Gasteiger charge is -2.26. The molecule has 29 heavy (non-hydrogen) atoms. The first-order valence-electron chi connectivity index (χ1n) is 9.85. The van der Waals surface area contributed by atoms with Gasteiger partial charge in [-0.3, -0.25) is 0 Å². The van der Waals surface area contributed by atoms with Gasteiger partial charge in [-0.25, -0.2) is 14.8 Å². The van der Waals surface area contributed by atoms with E-state index in [0.717, 1.165) is 17.0 Å². The topological polar surface area (TPSA) is 117 Å². The molecule has 2 amide bonds. The van der Waals surface area contributed by atoms with Crippen LogP contribution in [0.15, 0.2) is 6.07 Å². The van der Waals surface area contributed by atoms with Crippen molar-refractivity contribution in [3.05, 3.63) is 17.6 Å².